The maximum Gasteiger partial charge on any atom is 0.120 e. The first-order valence-electron chi connectivity index (χ1n) is 8.41. The molecule has 0 radical (unpaired) electrons. The molecule has 2 atom stereocenters. The van der Waals surface area contributed by atoms with E-state index in [0.717, 1.165) is 12.2 Å². The highest BCUT2D eigenvalue weighted by Gasteiger charge is 2.54. The monoisotopic (exact) mass is 288 g/mol. The predicted molar refractivity (Wildman–Crippen MR) is 90.7 cm³/mol. The zero-order chi connectivity index (χ0) is 15.7. The third kappa shape index (κ3) is 3.27. The second-order valence-electron chi connectivity index (χ2n) is 8.72. The second kappa shape index (κ2) is 5.66. The maximum absolute atomic E-state index is 6.75. The van der Waals surface area contributed by atoms with Crippen molar-refractivity contribution in [2.24, 2.45) is 16.7 Å². The summed E-state index contributed by atoms with van der Waals surface area (Å²) in [6.07, 6.45) is 5.04. The second-order valence-corrected chi connectivity index (χ2v) is 8.72. The fraction of sp³-hybridized carbons (Fsp3) is 0.700. The van der Waals surface area contributed by atoms with Crippen LogP contribution in [0.15, 0.2) is 30.3 Å². The molecule has 0 amide bonds. The molecule has 1 aliphatic rings. The van der Waals surface area contributed by atoms with Gasteiger partial charge in [-0.2, -0.15) is 0 Å². The van der Waals surface area contributed by atoms with Gasteiger partial charge in [0.15, 0.2) is 0 Å². The van der Waals surface area contributed by atoms with Gasteiger partial charge in [0, 0.05) is 11.3 Å². The Morgan fingerprint density at radius 2 is 1.57 bits per heavy atom. The molecule has 1 saturated carbocycles. The molecule has 1 fully saturated rings. The predicted octanol–water partition coefficient (Wildman–Crippen LogP) is 6.09. The van der Waals surface area contributed by atoms with Crippen molar-refractivity contribution in [3.05, 3.63) is 30.3 Å². The van der Waals surface area contributed by atoms with Gasteiger partial charge in [0.25, 0.3) is 0 Å². The molecule has 0 saturated heterocycles. The lowest BCUT2D eigenvalue weighted by molar-refractivity contribution is -0.137. The van der Waals surface area contributed by atoms with Crippen LogP contribution in [0.3, 0.4) is 0 Å². The highest BCUT2D eigenvalue weighted by molar-refractivity contribution is 5.23. The Hall–Kier alpha value is -0.980. The molecular weight excluding hydrogens is 256 g/mol. The number of rotatable bonds is 2. The van der Waals surface area contributed by atoms with Crippen LogP contribution in [0, 0.1) is 16.7 Å². The lowest BCUT2D eigenvalue weighted by Gasteiger charge is -2.56. The SMILES string of the molecule is CC(C)(C)C1CCCCC1(Oc1ccccc1)C(C)(C)C. The molecule has 1 aromatic carbocycles. The summed E-state index contributed by atoms with van der Waals surface area (Å²) < 4.78 is 6.75. The minimum absolute atomic E-state index is 0.0785. The molecule has 0 heterocycles. The maximum atomic E-state index is 6.75. The van der Waals surface area contributed by atoms with Crippen molar-refractivity contribution in [3.63, 3.8) is 0 Å². The topological polar surface area (TPSA) is 9.23 Å². The molecule has 2 unspecified atom stereocenters. The van der Waals surface area contributed by atoms with Gasteiger partial charge in [0.2, 0.25) is 0 Å². The summed E-state index contributed by atoms with van der Waals surface area (Å²) in [4.78, 5) is 0. The Morgan fingerprint density at radius 1 is 0.952 bits per heavy atom. The number of hydrogen-bond acceptors (Lipinski definition) is 1. The van der Waals surface area contributed by atoms with Crippen molar-refractivity contribution < 1.29 is 4.74 Å². The lowest BCUT2D eigenvalue weighted by atomic mass is 9.55. The Labute approximate surface area is 131 Å². The van der Waals surface area contributed by atoms with E-state index in [4.69, 9.17) is 4.74 Å². The molecule has 1 nitrogen and oxygen atoms in total. The Morgan fingerprint density at radius 3 is 2.10 bits per heavy atom. The van der Waals surface area contributed by atoms with E-state index in [1.54, 1.807) is 0 Å². The molecule has 1 aromatic rings. The number of para-hydroxylation sites is 1. The molecule has 0 N–H and O–H groups in total. The van der Waals surface area contributed by atoms with E-state index in [1.165, 1.54) is 19.3 Å². The van der Waals surface area contributed by atoms with Gasteiger partial charge in [0.1, 0.15) is 11.4 Å². The number of benzene rings is 1. The van der Waals surface area contributed by atoms with Crippen LogP contribution in [0.5, 0.6) is 5.75 Å². The normalized spacial score (nSPS) is 27.4. The molecule has 0 spiro atoms. The fourth-order valence-electron chi connectivity index (χ4n) is 4.15. The standard InChI is InChI=1S/C20H32O/c1-18(2,3)17-14-10-11-15-20(17,19(4,5)6)21-16-12-8-7-9-13-16/h7-9,12-13,17H,10-11,14-15H2,1-6H3. The molecule has 0 aliphatic heterocycles. The summed E-state index contributed by atoms with van der Waals surface area (Å²) in [6.45, 7) is 14.2. The van der Waals surface area contributed by atoms with Gasteiger partial charge in [-0.3, -0.25) is 0 Å². The summed E-state index contributed by atoms with van der Waals surface area (Å²) in [5, 5.41) is 0. The largest absolute Gasteiger partial charge is 0.486 e. The first-order chi connectivity index (χ1) is 9.67. The third-order valence-electron chi connectivity index (χ3n) is 5.21. The molecule has 118 valence electrons. The zero-order valence-electron chi connectivity index (χ0n) is 14.7. The lowest BCUT2D eigenvalue weighted by Crippen LogP contribution is -2.59. The summed E-state index contributed by atoms with van der Waals surface area (Å²) in [6, 6.07) is 10.4. The van der Waals surface area contributed by atoms with Crippen molar-refractivity contribution in [2.45, 2.75) is 72.8 Å². The first-order valence-corrected chi connectivity index (χ1v) is 8.41. The van der Waals surface area contributed by atoms with Gasteiger partial charge >= 0.3 is 0 Å². The van der Waals surface area contributed by atoms with Crippen LogP contribution in [0.2, 0.25) is 0 Å². The summed E-state index contributed by atoms with van der Waals surface area (Å²) in [5.41, 5.74) is 0.314. The van der Waals surface area contributed by atoms with Crippen molar-refractivity contribution in [2.75, 3.05) is 0 Å². The van der Waals surface area contributed by atoms with E-state index in [0.29, 0.717) is 5.92 Å². The van der Waals surface area contributed by atoms with E-state index in [9.17, 15) is 0 Å². The van der Waals surface area contributed by atoms with Crippen LogP contribution in [0.1, 0.15) is 67.2 Å². The van der Waals surface area contributed by atoms with Gasteiger partial charge in [-0.25, -0.2) is 0 Å². The van der Waals surface area contributed by atoms with Gasteiger partial charge in [-0.05, 0) is 36.8 Å². The minimum atomic E-state index is -0.0785. The van der Waals surface area contributed by atoms with Gasteiger partial charge in [0.05, 0.1) is 0 Å². The summed E-state index contributed by atoms with van der Waals surface area (Å²) in [5.74, 6) is 1.60. The molecule has 21 heavy (non-hydrogen) atoms. The number of hydrogen-bond donors (Lipinski definition) is 0. The van der Waals surface area contributed by atoms with Gasteiger partial charge in [-0.1, -0.05) is 66.2 Å². The summed E-state index contributed by atoms with van der Waals surface area (Å²) >= 11 is 0. The van der Waals surface area contributed by atoms with E-state index in [1.807, 2.05) is 0 Å². The highest BCUT2D eigenvalue weighted by atomic mass is 16.5. The van der Waals surface area contributed by atoms with Crippen molar-refractivity contribution in [1.82, 2.24) is 0 Å². The molecular formula is C20H32O. The van der Waals surface area contributed by atoms with Crippen LogP contribution in [0.4, 0.5) is 0 Å². The van der Waals surface area contributed by atoms with Crippen LogP contribution >= 0.6 is 0 Å². The molecule has 1 heteroatoms. The third-order valence-corrected chi connectivity index (χ3v) is 5.21. The van der Waals surface area contributed by atoms with Crippen molar-refractivity contribution in [1.29, 1.82) is 0 Å². The Kier molecular flexibility index (Phi) is 4.42. The van der Waals surface area contributed by atoms with Gasteiger partial charge < -0.3 is 4.74 Å². The average molecular weight is 288 g/mol. The Bertz CT molecular complexity index is 449. The molecule has 0 aromatic heterocycles. The smallest absolute Gasteiger partial charge is 0.120 e. The van der Waals surface area contributed by atoms with Crippen LogP contribution in [-0.4, -0.2) is 5.60 Å². The number of ether oxygens (including phenoxy) is 1. The van der Waals surface area contributed by atoms with E-state index in [-0.39, 0.29) is 16.4 Å². The summed E-state index contributed by atoms with van der Waals surface area (Å²) in [7, 11) is 0. The minimum Gasteiger partial charge on any atom is -0.486 e. The quantitative estimate of drug-likeness (QED) is 0.640. The van der Waals surface area contributed by atoms with E-state index in [2.05, 4.69) is 71.9 Å². The highest BCUT2D eigenvalue weighted by Crippen LogP contribution is 2.54. The van der Waals surface area contributed by atoms with Gasteiger partial charge in [-0.15, -0.1) is 0 Å². The van der Waals surface area contributed by atoms with Crippen molar-refractivity contribution >= 4 is 0 Å². The zero-order valence-corrected chi connectivity index (χ0v) is 14.7. The first kappa shape index (κ1) is 16.4. The van der Waals surface area contributed by atoms with Crippen LogP contribution in [0.25, 0.3) is 0 Å². The van der Waals surface area contributed by atoms with E-state index < -0.39 is 0 Å². The molecule has 2 rings (SSSR count). The Balaban J connectivity index is 2.45. The van der Waals surface area contributed by atoms with E-state index >= 15 is 0 Å². The van der Waals surface area contributed by atoms with Crippen LogP contribution < -0.4 is 4.74 Å². The average Bonchev–Trinajstić information content (AvgIpc) is 2.38. The fourth-order valence-corrected chi connectivity index (χ4v) is 4.15. The van der Waals surface area contributed by atoms with Crippen molar-refractivity contribution in [3.8, 4) is 5.75 Å². The molecule has 0 bridgehead atoms. The molecule has 1 aliphatic carbocycles. The van der Waals surface area contributed by atoms with Crippen LogP contribution in [-0.2, 0) is 0 Å².